The van der Waals surface area contributed by atoms with Crippen molar-refractivity contribution in [2.45, 2.75) is 6.54 Å². The number of rotatable bonds is 5. The number of aromatic nitrogens is 2. The van der Waals surface area contributed by atoms with Crippen LogP contribution in [0.2, 0.25) is 0 Å². The Balaban J connectivity index is 1.80. The third-order valence-corrected chi connectivity index (χ3v) is 3.23. The van der Waals surface area contributed by atoms with Gasteiger partial charge in [0.2, 0.25) is 0 Å². The minimum absolute atomic E-state index is 0.247. The largest absolute Gasteiger partial charge is 0.395 e. The molecule has 0 aromatic carbocycles. The Bertz CT molecular complexity index is 348. The van der Waals surface area contributed by atoms with Crippen LogP contribution in [-0.4, -0.2) is 71.3 Å². The molecule has 0 spiro atoms. The van der Waals surface area contributed by atoms with Crippen LogP contribution in [0.15, 0.2) is 12.4 Å². The minimum atomic E-state index is 0.247. The summed E-state index contributed by atoms with van der Waals surface area (Å²) < 4.78 is 0. The molecule has 2 heterocycles. The number of aliphatic hydroxyl groups is 1. The number of anilines is 1. The first-order valence-corrected chi connectivity index (χ1v) is 6.36. The molecule has 0 bridgehead atoms. The Morgan fingerprint density at radius 2 is 1.89 bits per heavy atom. The highest BCUT2D eigenvalue weighted by atomic mass is 16.3. The molecule has 1 fully saturated rings. The summed E-state index contributed by atoms with van der Waals surface area (Å²) in [5.41, 5.74) is 1.00. The first-order chi connectivity index (χ1) is 8.81. The smallest absolute Gasteiger partial charge is 0.144 e. The number of nitrogens with zero attached hydrogens (tertiary/aromatic N) is 4. The average molecular weight is 251 g/mol. The molecule has 1 aromatic rings. The highest BCUT2D eigenvalue weighted by Gasteiger charge is 2.16. The van der Waals surface area contributed by atoms with Crippen molar-refractivity contribution in [1.29, 1.82) is 0 Å². The standard InChI is InChI=1S/C12H21N5O/c1-13-12-9-14-11(8-15-12)10-17-4-2-16(3-5-17)6-7-18/h8-9,18H,2-7,10H2,1H3,(H,13,15). The maximum absolute atomic E-state index is 8.89. The lowest BCUT2D eigenvalue weighted by molar-refractivity contribution is 0.107. The molecule has 2 rings (SSSR count). The number of aliphatic hydroxyl groups excluding tert-OH is 1. The van der Waals surface area contributed by atoms with Gasteiger partial charge in [0.25, 0.3) is 0 Å². The molecule has 0 atom stereocenters. The molecule has 100 valence electrons. The Morgan fingerprint density at radius 3 is 2.44 bits per heavy atom. The molecule has 1 aliphatic rings. The summed E-state index contributed by atoms with van der Waals surface area (Å²) in [6, 6.07) is 0. The van der Waals surface area contributed by atoms with Crippen LogP contribution in [0, 0.1) is 0 Å². The summed E-state index contributed by atoms with van der Waals surface area (Å²) >= 11 is 0. The second-order valence-electron chi connectivity index (χ2n) is 4.48. The maximum atomic E-state index is 8.89. The van der Waals surface area contributed by atoms with Crippen LogP contribution in [-0.2, 0) is 6.54 Å². The van der Waals surface area contributed by atoms with E-state index < -0.39 is 0 Å². The van der Waals surface area contributed by atoms with Crippen LogP contribution >= 0.6 is 0 Å². The highest BCUT2D eigenvalue weighted by Crippen LogP contribution is 2.07. The highest BCUT2D eigenvalue weighted by molar-refractivity contribution is 5.29. The lowest BCUT2D eigenvalue weighted by Gasteiger charge is -2.34. The van der Waals surface area contributed by atoms with Gasteiger partial charge in [-0.3, -0.25) is 14.8 Å². The Kier molecular flexibility index (Phi) is 4.86. The summed E-state index contributed by atoms with van der Waals surface area (Å²) in [5, 5.41) is 11.8. The Morgan fingerprint density at radius 1 is 1.17 bits per heavy atom. The lowest BCUT2D eigenvalue weighted by Crippen LogP contribution is -2.46. The summed E-state index contributed by atoms with van der Waals surface area (Å²) in [4.78, 5) is 13.3. The first kappa shape index (κ1) is 13.2. The zero-order valence-corrected chi connectivity index (χ0v) is 10.8. The number of hydrogen-bond acceptors (Lipinski definition) is 6. The van der Waals surface area contributed by atoms with Gasteiger partial charge in [0.05, 0.1) is 24.7 Å². The molecule has 1 saturated heterocycles. The molecule has 0 saturated carbocycles. The van der Waals surface area contributed by atoms with Crippen molar-refractivity contribution in [2.24, 2.45) is 0 Å². The van der Waals surface area contributed by atoms with Gasteiger partial charge in [-0.1, -0.05) is 0 Å². The second-order valence-corrected chi connectivity index (χ2v) is 4.48. The SMILES string of the molecule is CNc1cnc(CN2CCN(CCO)CC2)cn1. The predicted molar refractivity (Wildman–Crippen MR) is 70.4 cm³/mol. The van der Waals surface area contributed by atoms with E-state index in [4.69, 9.17) is 5.11 Å². The van der Waals surface area contributed by atoms with E-state index in [1.165, 1.54) is 0 Å². The molecule has 2 N–H and O–H groups in total. The van der Waals surface area contributed by atoms with Gasteiger partial charge < -0.3 is 10.4 Å². The number of piperazine rings is 1. The normalized spacial score (nSPS) is 17.9. The second kappa shape index (κ2) is 6.63. The molecular weight excluding hydrogens is 230 g/mol. The lowest BCUT2D eigenvalue weighted by atomic mass is 10.3. The van der Waals surface area contributed by atoms with Crippen LogP contribution in [0.3, 0.4) is 0 Å². The van der Waals surface area contributed by atoms with E-state index in [0.29, 0.717) is 0 Å². The zero-order valence-electron chi connectivity index (χ0n) is 10.8. The first-order valence-electron chi connectivity index (χ1n) is 6.36. The molecule has 18 heavy (non-hydrogen) atoms. The van der Waals surface area contributed by atoms with Crippen LogP contribution in [0.25, 0.3) is 0 Å². The van der Waals surface area contributed by atoms with Crippen LogP contribution in [0.5, 0.6) is 0 Å². The maximum Gasteiger partial charge on any atom is 0.144 e. The van der Waals surface area contributed by atoms with Crippen molar-refractivity contribution in [3.05, 3.63) is 18.1 Å². The van der Waals surface area contributed by atoms with E-state index in [9.17, 15) is 0 Å². The van der Waals surface area contributed by atoms with Gasteiger partial charge in [0.1, 0.15) is 5.82 Å². The van der Waals surface area contributed by atoms with Gasteiger partial charge in [-0.15, -0.1) is 0 Å². The molecule has 1 aromatic heterocycles. The minimum Gasteiger partial charge on any atom is -0.395 e. The fraction of sp³-hybridized carbons (Fsp3) is 0.667. The summed E-state index contributed by atoms with van der Waals surface area (Å²) in [6.45, 7) is 5.96. The summed E-state index contributed by atoms with van der Waals surface area (Å²) in [6.07, 6.45) is 3.59. The van der Waals surface area contributed by atoms with Gasteiger partial charge in [0.15, 0.2) is 0 Å². The van der Waals surface area contributed by atoms with Crippen LogP contribution < -0.4 is 5.32 Å². The number of hydrogen-bond donors (Lipinski definition) is 2. The third kappa shape index (κ3) is 3.63. The fourth-order valence-corrected chi connectivity index (χ4v) is 2.11. The van der Waals surface area contributed by atoms with Crippen molar-refractivity contribution in [2.75, 3.05) is 51.7 Å². The molecular formula is C12H21N5O. The van der Waals surface area contributed by atoms with Crippen molar-refractivity contribution >= 4 is 5.82 Å². The Hall–Kier alpha value is -1.24. The molecule has 0 unspecified atom stereocenters. The number of β-amino-alcohol motifs (C(OH)–C–C–N with tert-alkyl or cyclic N) is 1. The monoisotopic (exact) mass is 251 g/mol. The van der Waals surface area contributed by atoms with Gasteiger partial charge in [-0.25, -0.2) is 4.98 Å². The fourth-order valence-electron chi connectivity index (χ4n) is 2.11. The van der Waals surface area contributed by atoms with Crippen molar-refractivity contribution in [3.8, 4) is 0 Å². The Labute approximate surface area is 108 Å². The van der Waals surface area contributed by atoms with Gasteiger partial charge in [-0.05, 0) is 0 Å². The molecule has 1 aliphatic heterocycles. The topological polar surface area (TPSA) is 64.5 Å². The molecule has 6 nitrogen and oxygen atoms in total. The van der Waals surface area contributed by atoms with Crippen molar-refractivity contribution in [3.63, 3.8) is 0 Å². The summed E-state index contributed by atoms with van der Waals surface area (Å²) in [5.74, 6) is 0.798. The van der Waals surface area contributed by atoms with Gasteiger partial charge in [0, 0.05) is 46.3 Å². The van der Waals surface area contributed by atoms with Gasteiger partial charge >= 0.3 is 0 Å². The molecule has 0 amide bonds. The van der Waals surface area contributed by atoms with E-state index in [1.54, 1.807) is 6.20 Å². The molecule has 0 aliphatic carbocycles. The van der Waals surface area contributed by atoms with E-state index in [0.717, 1.165) is 50.8 Å². The molecule has 0 radical (unpaired) electrons. The van der Waals surface area contributed by atoms with E-state index in [2.05, 4.69) is 25.1 Å². The zero-order chi connectivity index (χ0) is 12.8. The number of nitrogens with one attached hydrogen (secondary N) is 1. The quantitative estimate of drug-likeness (QED) is 0.744. The average Bonchev–Trinajstić information content (AvgIpc) is 2.42. The third-order valence-electron chi connectivity index (χ3n) is 3.23. The van der Waals surface area contributed by atoms with Crippen LogP contribution in [0.4, 0.5) is 5.82 Å². The van der Waals surface area contributed by atoms with E-state index >= 15 is 0 Å². The van der Waals surface area contributed by atoms with Crippen LogP contribution in [0.1, 0.15) is 5.69 Å². The van der Waals surface area contributed by atoms with Gasteiger partial charge in [-0.2, -0.15) is 0 Å². The van der Waals surface area contributed by atoms with E-state index in [1.807, 2.05) is 13.2 Å². The van der Waals surface area contributed by atoms with Crippen molar-refractivity contribution < 1.29 is 5.11 Å². The van der Waals surface area contributed by atoms with Crippen molar-refractivity contribution in [1.82, 2.24) is 19.8 Å². The molecule has 6 heteroatoms. The van der Waals surface area contributed by atoms with E-state index in [-0.39, 0.29) is 6.61 Å². The predicted octanol–water partition coefficient (Wildman–Crippen LogP) is -0.372. The summed E-state index contributed by atoms with van der Waals surface area (Å²) in [7, 11) is 1.84.